The number of hydrogen-bond donors (Lipinski definition) is 0. The lowest BCUT2D eigenvalue weighted by Gasteiger charge is -2.19. The molecule has 2 aromatic carbocycles. The molecule has 0 N–H and O–H groups in total. The van der Waals surface area contributed by atoms with Crippen LogP contribution in [0.1, 0.15) is 31.7 Å². The van der Waals surface area contributed by atoms with Gasteiger partial charge in [0.2, 0.25) is 0 Å². The minimum absolute atomic E-state index is 0.552. The first-order valence-electron chi connectivity index (χ1n) is 5.85. The Morgan fingerprint density at radius 3 is 2.50 bits per heavy atom. The maximum atomic E-state index is 3.76. The van der Waals surface area contributed by atoms with Crippen LogP contribution in [0.2, 0.25) is 0 Å². The molecule has 0 heterocycles. The predicted molar refractivity (Wildman–Crippen MR) is 75.4 cm³/mol. The van der Waals surface area contributed by atoms with Crippen LogP contribution in [-0.4, -0.2) is 4.83 Å². The summed E-state index contributed by atoms with van der Waals surface area (Å²) < 4.78 is 0. The van der Waals surface area contributed by atoms with Crippen molar-refractivity contribution in [1.29, 1.82) is 0 Å². The summed E-state index contributed by atoms with van der Waals surface area (Å²) in [5.41, 5.74) is 1.45. The van der Waals surface area contributed by atoms with Crippen LogP contribution in [0.3, 0.4) is 0 Å². The number of hydrogen-bond acceptors (Lipinski definition) is 0. The van der Waals surface area contributed by atoms with Crippen LogP contribution in [-0.2, 0) is 0 Å². The summed E-state index contributed by atoms with van der Waals surface area (Å²) in [7, 11) is 0. The lowest BCUT2D eigenvalue weighted by atomic mass is 9.92. The van der Waals surface area contributed by atoms with E-state index in [0.717, 1.165) is 6.42 Å². The van der Waals surface area contributed by atoms with E-state index in [1.54, 1.807) is 0 Å². The van der Waals surface area contributed by atoms with E-state index in [1.807, 2.05) is 0 Å². The van der Waals surface area contributed by atoms with Crippen molar-refractivity contribution in [3.05, 3.63) is 48.0 Å². The maximum absolute atomic E-state index is 3.76. The van der Waals surface area contributed by atoms with Gasteiger partial charge in [0.15, 0.2) is 0 Å². The second kappa shape index (κ2) is 5.01. The lowest BCUT2D eigenvalue weighted by molar-refractivity contribution is 0.699. The minimum Gasteiger partial charge on any atom is -0.0884 e. The molecular formula is C15H17Br. The highest BCUT2D eigenvalue weighted by Crippen LogP contribution is 2.31. The molecule has 16 heavy (non-hydrogen) atoms. The highest BCUT2D eigenvalue weighted by atomic mass is 79.9. The van der Waals surface area contributed by atoms with Crippen molar-refractivity contribution in [2.75, 3.05) is 0 Å². The average molecular weight is 277 g/mol. The van der Waals surface area contributed by atoms with Crippen LogP contribution in [0.4, 0.5) is 0 Å². The largest absolute Gasteiger partial charge is 0.0884 e. The topological polar surface area (TPSA) is 0 Å². The van der Waals surface area contributed by atoms with E-state index in [-0.39, 0.29) is 0 Å². The number of halogens is 1. The summed E-state index contributed by atoms with van der Waals surface area (Å²) >= 11 is 3.76. The molecule has 2 unspecified atom stereocenters. The van der Waals surface area contributed by atoms with Gasteiger partial charge in [-0.3, -0.25) is 0 Å². The molecule has 0 aliphatic carbocycles. The van der Waals surface area contributed by atoms with Crippen molar-refractivity contribution >= 4 is 26.7 Å². The Hall–Kier alpha value is -0.820. The smallest absolute Gasteiger partial charge is 0.0209 e. The van der Waals surface area contributed by atoms with Crippen LogP contribution in [0.15, 0.2) is 42.5 Å². The minimum atomic E-state index is 0.552. The molecule has 0 bridgehead atoms. The van der Waals surface area contributed by atoms with Gasteiger partial charge in [0.1, 0.15) is 0 Å². The van der Waals surface area contributed by atoms with Gasteiger partial charge in [0.25, 0.3) is 0 Å². The molecule has 0 nitrogen and oxygen atoms in total. The molecular weight excluding hydrogens is 260 g/mol. The molecule has 0 amide bonds. The van der Waals surface area contributed by atoms with Crippen LogP contribution in [0.25, 0.3) is 10.8 Å². The monoisotopic (exact) mass is 276 g/mol. The molecule has 0 aromatic heterocycles. The molecule has 1 heteroatoms. The Bertz CT molecular complexity index is 470. The van der Waals surface area contributed by atoms with Gasteiger partial charge in [-0.25, -0.2) is 0 Å². The molecule has 0 saturated heterocycles. The van der Waals surface area contributed by atoms with Crippen molar-refractivity contribution in [1.82, 2.24) is 0 Å². The third kappa shape index (κ3) is 2.15. The first kappa shape index (κ1) is 11.7. The standard InChI is InChI=1S/C15H17Br/c1-3-15(16)11(2)13-10-6-8-12-7-4-5-9-14(12)13/h4-11,15H,3H2,1-2H3. The molecule has 0 fully saturated rings. The molecule has 2 atom stereocenters. The van der Waals surface area contributed by atoms with E-state index in [2.05, 4.69) is 72.2 Å². The first-order valence-corrected chi connectivity index (χ1v) is 6.77. The Labute approximate surface area is 106 Å². The van der Waals surface area contributed by atoms with E-state index in [9.17, 15) is 0 Å². The normalized spacial score (nSPS) is 14.9. The molecule has 0 saturated carbocycles. The maximum Gasteiger partial charge on any atom is 0.0209 e. The Morgan fingerprint density at radius 1 is 1.06 bits per heavy atom. The highest BCUT2D eigenvalue weighted by Gasteiger charge is 2.15. The third-order valence-electron chi connectivity index (χ3n) is 3.25. The summed E-state index contributed by atoms with van der Waals surface area (Å²) in [6, 6.07) is 15.2. The first-order chi connectivity index (χ1) is 7.74. The molecule has 84 valence electrons. The van der Waals surface area contributed by atoms with Gasteiger partial charge in [0, 0.05) is 4.83 Å². The van der Waals surface area contributed by atoms with Gasteiger partial charge in [-0.1, -0.05) is 72.2 Å². The second-order valence-corrected chi connectivity index (χ2v) is 5.46. The number of benzene rings is 2. The molecule has 0 aliphatic rings. The molecule has 0 spiro atoms. The molecule has 2 aromatic rings. The highest BCUT2D eigenvalue weighted by molar-refractivity contribution is 9.09. The van der Waals surface area contributed by atoms with E-state index in [4.69, 9.17) is 0 Å². The molecule has 2 rings (SSSR count). The second-order valence-electron chi connectivity index (χ2n) is 4.28. The Balaban J connectivity index is 2.52. The molecule has 0 radical (unpaired) electrons. The van der Waals surface area contributed by atoms with Crippen LogP contribution < -0.4 is 0 Å². The van der Waals surface area contributed by atoms with Crippen LogP contribution in [0.5, 0.6) is 0 Å². The Morgan fingerprint density at radius 2 is 1.75 bits per heavy atom. The molecule has 0 aliphatic heterocycles. The van der Waals surface area contributed by atoms with Gasteiger partial charge < -0.3 is 0 Å². The van der Waals surface area contributed by atoms with Crippen LogP contribution in [0, 0.1) is 0 Å². The van der Waals surface area contributed by atoms with E-state index in [0.29, 0.717) is 10.7 Å². The summed E-state index contributed by atoms with van der Waals surface area (Å²) in [5, 5.41) is 2.72. The van der Waals surface area contributed by atoms with Gasteiger partial charge in [0.05, 0.1) is 0 Å². The number of fused-ring (bicyclic) bond motifs is 1. The zero-order chi connectivity index (χ0) is 11.5. The number of alkyl halides is 1. The van der Waals surface area contributed by atoms with Crippen molar-refractivity contribution in [2.24, 2.45) is 0 Å². The summed E-state index contributed by atoms with van der Waals surface area (Å²) in [6.07, 6.45) is 1.16. The van der Waals surface area contributed by atoms with E-state index in [1.165, 1.54) is 16.3 Å². The fraction of sp³-hybridized carbons (Fsp3) is 0.333. The quantitative estimate of drug-likeness (QED) is 0.683. The van der Waals surface area contributed by atoms with Crippen molar-refractivity contribution in [3.63, 3.8) is 0 Å². The van der Waals surface area contributed by atoms with Crippen molar-refractivity contribution in [3.8, 4) is 0 Å². The van der Waals surface area contributed by atoms with Gasteiger partial charge in [-0.05, 0) is 28.7 Å². The lowest BCUT2D eigenvalue weighted by Crippen LogP contribution is -2.08. The van der Waals surface area contributed by atoms with Crippen molar-refractivity contribution < 1.29 is 0 Å². The van der Waals surface area contributed by atoms with E-state index >= 15 is 0 Å². The summed E-state index contributed by atoms with van der Waals surface area (Å²) in [6.45, 7) is 4.52. The van der Waals surface area contributed by atoms with Gasteiger partial charge >= 0.3 is 0 Å². The summed E-state index contributed by atoms with van der Waals surface area (Å²) in [4.78, 5) is 0.554. The average Bonchev–Trinajstić information content (AvgIpc) is 2.36. The van der Waals surface area contributed by atoms with Gasteiger partial charge in [-0.2, -0.15) is 0 Å². The third-order valence-corrected chi connectivity index (χ3v) is 4.69. The van der Waals surface area contributed by atoms with Crippen LogP contribution >= 0.6 is 15.9 Å². The Kier molecular flexibility index (Phi) is 3.65. The predicted octanol–water partition coefficient (Wildman–Crippen LogP) is 5.12. The van der Waals surface area contributed by atoms with Crippen molar-refractivity contribution in [2.45, 2.75) is 31.0 Å². The summed E-state index contributed by atoms with van der Waals surface area (Å²) in [5.74, 6) is 0.552. The fourth-order valence-corrected chi connectivity index (χ4v) is 2.48. The van der Waals surface area contributed by atoms with Gasteiger partial charge in [-0.15, -0.1) is 0 Å². The fourth-order valence-electron chi connectivity index (χ4n) is 2.20. The van der Waals surface area contributed by atoms with E-state index < -0.39 is 0 Å². The zero-order valence-electron chi connectivity index (χ0n) is 9.78. The SMILES string of the molecule is CCC(Br)C(C)c1cccc2ccccc12. The zero-order valence-corrected chi connectivity index (χ0v) is 11.4. The number of rotatable bonds is 3.